The maximum Gasteiger partial charge on any atom is 0.416 e. The van der Waals surface area contributed by atoms with Crippen LogP contribution in [-0.4, -0.2) is 67.8 Å². The summed E-state index contributed by atoms with van der Waals surface area (Å²) in [7, 11) is 0. The molecule has 11 heteroatoms. The number of aromatic nitrogens is 3. The number of carbonyl (C=O) groups is 2. The molecule has 1 atom stereocenters. The lowest BCUT2D eigenvalue weighted by Crippen LogP contribution is -2.55. The lowest BCUT2D eigenvalue weighted by atomic mass is 10.1. The van der Waals surface area contributed by atoms with Crippen molar-refractivity contribution in [1.82, 2.24) is 24.6 Å². The summed E-state index contributed by atoms with van der Waals surface area (Å²) in [5, 5.41) is 9.48. The van der Waals surface area contributed by atoms with Crippen molar-refractivity contribution in [3.63, 3.8) is 0 Å². The minimum Gasteiger partial charge on any atom is -0.339 e. The predicted molar refractivity (Wildman–Crippen MR) is 140 cm³/mol. The lowest BCUT2D eigenvalue weighted by molar-refractivity contribution is -0.137. The number of thioether (sulfide) groups is 1. The van der Waals surface area contributed by atoms with E-state index in [-0.39, 0.29) is 24.1 Å². The van der Waals surface area contributed by atoms with E-state index in [0.29, 0.717) is 31.7 Å². The van der Waals surface area contributed by atoms with E-state index in [0.717, 1.165) is 35.2 Å². The van der Waals surface area contributed by atoms with Gasteiger partial charge in [0.2, 0.25) is 5.91 Å². The Balaban J connectivity index is 1.26. The molecule has 0 radical (unpaired) electrons. The van der Waals surface area contributed by atoms with Gasteiger partial charge < -0.3 is 14.4 Å². The normalized spacial score (nSPS) is 16.1. The maximum atomic E-state index is 13.0. The van der Waals surface area contributed by atoms with Crippen molar-refractivity contribution in [2.75, 3.05) is 25.4 Å². The minimum atomic E-state index is -4.51. The molecule has 2 heterocycles. The van der Waals surface area contributed by atoms with E-state index in [9.17, 15) is 22.8 Å². The molecule has 1 saturated heterocycles. The number of nitrogens with zero attached hydrogens (tertiary/aromatic N) is 5. The fourth-order valence-electron chi connectivity index (χ4n) is 4.51. The van der Waals surface area contributed by atoms with E-state index in [4.69, 9.17) is 0 Å². The van der Waals surface area contributed by atoms with Crippen LogP contribution in [0.3, 0.4) is 0 Å². The van der Waals surface area contributed by atoms with Crippen molar-refractivity contribution in [2.24, 2.45) is 0 Å². The van der Waals surface area contributed by atoms with Crippen LogP contribution in [-0.2, 0) is 17.5 Å². The number of hydrogen-bond donors (Lipinski definition) is 0. The van der Waals surface area contributed by atoms with Crippen LogP contribution in [0.4, 0.5) is 13.2 Å². The summed E-state index contributed by atoms with van der Waals surface area (Å²) in [5.74, 6) is 1.08. The summed E-state index contributed by atoms with van der Waals surface area (Å²) < 4.78 is 41.2. The quantitative estimate of drug-likeness (QED) is 0.286. The van der Waals surface area contributed by atoms with Gasteiger partial charge in [-0.2, -0.15) is 13.2 Å². The Kier molecular flexibility index (Phi) is 8.76. The molecule has 0 spiro atoms. The molecule has 7 nitrogen and oxygen atoms in total. The zero-order chi connectivity index (χ0) is 27.3. The molecule has 4 rings (SSSR count). The number of alkyl halides is 3. The Hall–Kier alpha value is -3.34. The predicted octanol–water partition coefficient (Wildman–Crippen LogP) is 5.23. The van der Waals surface area contributed by atoms with Gasteiger partial charge in [-0.1, -0.05) is 48.2 Å². The Morgan fingerprint density at radius 3 is 2.50 bits per heavy atom. The third-order valence-corrected chi connectivity index (χ3v) is 7.56. The number of amides is 2. The summed E-state index contributed by atoms with van der Waals surface area (Å²) in [6.07, 6.45) is -3.48. The average molecular weight is 546 g/mol. The second-order valence-electron chi connectivity index (χ2n) is 9.13. The Morgan fingerprint density at radius 1 is 1.05 bits per heavy atom. The highest BCUT2D eigenvalue weighted by atomic mass is 32.2. The molecule has 1 aliphatic rings. The lowest BCUT2D eigenvalue weighted by Gasteiger charge is -2.40. The van der Waals surface area contributed by atoms with Crippen LogP contribution >= 0.6 is 11.8 Å². The van der Waals surface area contributed by atoms with Crippen LogP contribution in [0.5, 0.6) is 0 Å². The smallest absolute Gasteiger partial charge is 0.339 e. The van der Waals surface area contributed by atoms with Gasteiger partial charge >= 0.3 is 6.18 Å². The molecule has 1 unspecified atom stereocenters. The van der Waals surface area contributed by atoms with Gasteiger partial charge in [0.15, 0.2) is 11.0 Å². The zero-order valence-corrected chi connectivity index (χ0v) is 22.1. The molecule has 38 heavy (non-hydrogen) atoms. The van der Waals surface area contributed by atoms with Gasteiger partial charge in [-0.25, -0.2) is 0 Å². The van der Waals surface area contributed by atoms with Gasteiger partial charge in [0.25, 0.3) is 5.91 Å². The summed E-state index contributed by atoms with van der Waals surface area (Å²) >= 11 is 1.57. The largest absolute Gasteiger partial charge is 0.416 e. The molecule has 0 aliphatic carbocycles. The van der Waals surface area contributed by atoms with Crippen LogP contribution in [0.15, 0.2) is 59.8 Å². The van der Waals surface area contributed by atoms with Gasteiger partial charge in [0.1, 0.15) is 0 Å². The van der Waals surface area contributed by atoms with Gasteiger partial charge in [-0.3, -0.25) is 9.59 Å². The Labute approximate surface area is 224 Å². The summed E-state index contributed by atoms with van der Waals surface area (Å²) in [5.41, 5.74) is 0.152. The minimum absolute atomic E-state index is 0.00109. The number of piperazine rings is 1. The van der Waals surface area contributed by atoms with Crippen LogP contribution in [0.2, 0.25) is 0 Å². The molecule has 1 fully saturated rings. The highest BCUT2D eigenvalue weighted by Gasteiger charge is 2.33. The number of halogens is 3. The summed E-state index contributed by atoms with van der Waals surface area (Å²) in [4.78, 5) is 29.0. The first-order chi connectivity index (χ1) is 18.2. The first kappa shape index (κ1) is 27.7. The Bertz CT molecular complexity index is 1270. The van der Waals surface area contributed by atoms with E-state index < -0.39 is 17.6 Å². The van der Waals surface area contributed by atoms with Gasteiger partial charge in [0, 0.05) is 55.5 Å². The van der Waals surface area contributed by atoms with E-state index in [1.54, 1.807) is 16.7 Å². The number of carbonyl (C=O) groups excluding carboxylic acids is 2. The van der Waals surface area contributed by atoms with Gasteiger partial charge in [-0.05, 0) is 38.5 Å². The number of hydrogen-bond acceptors (Lipinski definition) is 5. The van der Waals surface area contributed by atoms with Gasteiger partial charge in [0.05, 0.1) is 5.56 Å². The van der Waals surface area contributed by atoms with Crippen molar-refractivity contribution in [3.05, 3.63) is 65.7 Å². The number of benzene rings is 2. The molecular formula is C27H30F3N5O2S. The monoisotopic (exact) mass is 545 g/mol. The second-order valence-corrected chi connectivity index (χ2v) is 10.2. The third-order valence-electron chi connectivity index (χ3n) is 6.51. The first-order valence-corrected chi connectivity index (χ1v) is 13.5. The van der Waals surface area contributed by atoms with Crippen molar-refractivity contribution >= 4 is 23.6 Å². The third kappa shape index (κ3) is 6.38. The molecule has 0 bridgehead atoms. The van der Waals surface area contributed by atoms with Crippen LogP contribution in [0, 0.1) is 0 Å². The molecule has 3 aromatic rings. The zero-order valence-electron chi connectivity index (χ0n) is 21.3. The maximum absolute atomic E-state index is 13.0. The highest BCUT2D eigenvalue weighted by molar-refractivity contribution is 7.99. The van der Waals surface area contributed by atoms with Crippen LogP contribution in [0.25, 0.3) is 11.4 Å². The number of rotatable bonds is 8. The van der Waals surface area contributed by atoms with Crippen LogP contribution in [0.1, 0.15) is 42.6 Å². The summed E-state index contributed by atoms with van der Waals surface area (Å²) in [6, 6.07) is 14.0. The van der Waals surface area contributed by atoms with Crippen LogP contribution < -0.4 is 0 Å². The van der Waals surface area contributed by atoms with Crippen molar-refractivity contribution < 1.29 is 22.8 Å². The summed E-state index contributed by atoms with van der Waals surface area (Å²) in [6.45, 7) is 5.57. The second kappa shape index (κ2) is 12.0. The molecule has 2 aromatic carbocycles. The fourth-order valence-corrected chi connectivity index (χ4v) is 5.45. The molecular weight excluding hydrogens is 515 g/mol. The van der Waals surface area contributed by atoms with Crippen molar-refractivity contribution in [1.29, 1.82) is 0 Å². The molecule has 0 N–H and O–H groups in total. The Morgan fingerprint density at radius 2 is 1.82 bits per heavy atom. The highest BCUT2D eigenvalue weighted by Crippen LogP contribution is 2.30. The fraction of sp³-hybridized carbons (Fsp3) is 0.407. The molecule has 202 valence electrons. The molecule has 1 aliphatic heterocycles. The SMILES string of the molecule is CCn1c(SCCCC(=O)N2CCN(C(=O)c3cccc(C(F)(F)F)c3)C(C)C2)nnc1-c1ccccc1. The van der Waals surface area contributed by atoms with E-state index in [1.165, 1.54) is 17.0 Å². The standard InChI is InChI=1S/C27H30F3N5O2S/c1-3-34-24(20-9-5-4-6-10-20)31-32-26(34)38-16-8-13-23(36)33-14-15-35(19(2)18-33)25(37)21-11-7-12-22(17-21)27(28,29)30/h4-7,9-12,17,19H,3,8,13-16,18H2,1-2H3. The van der Waals surface area contributed by atoms with E-state index in [1.807, 2.05) is 44.2 Å². The molecule has 1 aromatic heterocycles. The topological polar surface area (TPSA) is 71.3 Å². The first-order valence-electron chi connectivity index (χ1n) is 12.6. The average Bonchev–Trinajstić information content (AvgIpc) is 3.33. The molecule has 0 saturated carbocycles. The van der Waals surface area contributed by atoms with Crippen molar-refractivity contribution in [3.8, 4) is 11.4 Å². The van der Waals surface area contributed by atoms with Gasteiger partial charge in [-0.15, -0.1) is 10.2 Å². The molecule has 2 amide bonds. The van der Waals surface area contributed by atoms with Crippen molar-refractivity contribution in [2.45, 2.75) is 50.6 Å². The van der Waals surface area contributed by atoms with E-state index in [2.05, 4.69) is 14.8 Å². The van der Waals surface area contributed by atoms with E-state index >= 15 is 0 Å².